The summed E-state index contributed by atoms with van der Waals surface area (Å²) in [6, 6.07) is 38.2. The van der Waals surface area contributed by atoms with Crippen LogP contribution in [0, 0.1) is 5.92 Å². The van der Waals surface area contributed by atoms with Gasteiger partial charge >= 0.3 is 308 Å². The van der Waals surface area contributed by atoms with Crippen molar-refractivity contribution >= 4 is 3.21 Å². The Morgan fingerprint density at radius 2 is 1.06 bits per heavy atom. The van der Waals surface area contributed by atoms with E-state index in [4.69, 9.17) is 0 Å². The Morgan fingerprint density at radius 3 is 1.47 bits per heavy atom. The Labute approximate surface area is 330 Å². The van der Waals surface area contributed by atoms with E-state index in [9.17, 15) is 0 Å². The first-order valence-electron chi connectivity index (χ1n) is 19.1. The first kappa shape index (κ1) is 41.4. The molecule has 268 valence electrons. The van der Waals surface area contributed by atoms with E-state index in [1.54, 1.807) is 25.5 Å². The summed E-state index contributed by atoms with van der Waals surface area (Å²) in [5.74, 6) is 0.536. The molecule has 0 bridgehead atoms. The summed E-state index contributed by atoms with van der Waals surface area (Å²) in [4.78, 5) is 0. The van der Waals surface area contributed by atoms with Crippen LogP contribution in [0.1, 0.15) is 138 Å². The number of hydrogen-bond donors (Lipinski definition) is 0. The van der Waals surface area contributed by atoms with E-state index in [1.807, 2.05) is 3.28 Å². The first-order chi connectivity index (χ1) is 23.5. The average molecular weight is 797 g/mol. The third-order valence-electron chi connectivity index (χ3n) is 10.8. The Hall–Kier alpha value is -2.31. The van der Waals surface area contributed by atoms with Crippen molar-refractivity contribution in [3.63, 3.8) is 0 Å². The van der Waals surface area contributed by atoms with Gasteiger partial charge in [0.15, 0.2) is 0 Å². The van der Waals surface area contributed by atoms with Crippen molar-refractivity contribution in [2.45, 2.75) is 115 Å². The van der Waals surface area contributed by atoms with Gasteiger partial charge in [-0.15, -0.1) is 0 Å². The van der Waals surface area contributed by atoms with Gasteiger partial charge in [-0.2, -0.15) is 0 Å². The molecule has 51 heavy (non-hydrogen) atoms. The number of hydrogen-bond acceptors (Lipinski definition) is 0. The molecule has 2 aliphatic rings. The van der Waals surface area contributed by atoms with Crippen LogP contribution in [-0.2, 0) is 32.1 Å². The van der Waals surface area contributed by atoms with Gasteiger partial charge in [0.05, 0.1) is 0 Å². The van der Waals surface area contributed by atoms with E-state index < -0.39 is 21.3 Å². The number of fused-ring (bicyclic) bond motifs is 3. The molecule has 0 radical (unpaired) electrons. The molecule has 0 nitrogen and oxygen atoms in total. The smallest absolute Gasteiger partial charge is 1.00 e. The third-order valence-corrected chi connectivity index (χ3v) is 19.6. The van der Waals surface area contributed by atoms with Gasteiger partial charge in [0, 0.05) is 0 Å². The van der Waals surface area contributed by atoms with Gasteiger partial charge in [-0.3, -0.25) is 0 Å². The molecule has 0 saturated heterocycles. The summed E-state index contributed by atoms with van der Waals surface area (Å²) in [7, 11) is 0. The average Bonchev–Trinajstić information content (AvgIpc) is 3.58. The maximum Gasteiger partial charge on any atom is -1.00 e. The largest absolute Gasteiger partial charge is 1.00 e. The van der Waals surface area contributed by atoms with Crippen molar-refractivity contribution < 1.29 is 46.1 Å². The molecule has 0 aliphatic heterocycles. The molecular weight excluding hydrogens is 739 g/mol. The van der Waals surface area contributed by atoms with Crippen LogP contribution in [0.2, 0.25) is 0 Å². The Morgan fingerprint density at radius 1 is 0.588 bits per heavy atom. The van der Waals surface area contributed by atoms with Crippen LogP contribution in [0.15, 0.2) is 118 Å². The van der Waals surface area contributed by atoms with Crippen LogP contribution in [0.5, 0.6) is 0 Å². The Kier molecular flexibility index (Phi) is 14.0. The van der Waals surface area contributed by atoms with Crippen LogP contribution >= 0.6 is 0 Å². The second kappa shape index (κ2) is 17.2. The van der Waals surface area contributed by atoms with Crippen LogP contribution in [0.25, 0.3) is 11.1 Å². The fourth-order valence-corrected chi connectivity index (χ4v) is 18.6. The monoisotopic (exact) mass is 794 g/mol. The summed E-state index contributed by atoms with van der Waals surface area (Å²) in [6.07, 6.45) is 10.0. The van der Waals surface area contributed by atoms with Gasteiger partial charge in [0.25, 0.3) is 0 Å². The predicted molar refractivity (Wildman–Crippen MR) is 211 cm³/mol. The predicted octanol–water partition coefficient (Wildman–Crippen LogP) is 7.46. The van der Waals surface area contributed by atoms with E-state index in [0.29, 0.717) is 9.54 Å². The molecule has 0 aromatic heterocycles. The molecule has 0 saturated carbocycles. The van der Waals surface area contributed by atoms with E-state index in [-0.39, 0.29) is 35.6 Å². The van der Waals surface area contributed by atoms with Gasteiger partial charge in [0.2, 0.25) is 0 Å². The summed E-state index contributed by atoms with van der Waals surface area (Å²) >= 11 is -2.95. The van der Waals surface area contributed by atoms with Crippen LogP contribution < -0.4 is 24.8 Å². The molecule has 0 N–H and O–H groups in total. The SMILES string of the molecule is CCCC1=CC(CCC)[C]([Zr+2](=[C](c2ccccc2)c2ccccc2)[CH]2c3cc(C(C)(C)C)ccc3-c3ccc(C(C)(C)C)cc32)=C1CCC.[Cl-].[Cl-]. The van der Waals surface area contributed by atoms with E-state index in [2.05, 4.69) is 165 Å². The van der Waals surface area contributed by atoms with E-state index in [1.165, 1.54) is 71.9 Å². The molecule has 1 atom stereocenters. The molecule has 1 unspecified atom stereocenters. The summed E-state index contributed by atoms with van der Waals surface area (Å²) in [5.41, 5.74) is 15.5. The van der Waals surface area contributed by atoms with Gasteiger partial charge < -0.3 is 24.8 Å². The minimum Gasteiger partial charge on any atom is -1.00 e. The minimum atomic E-state index is -2.95. The van der Waals surface area contributed by atoms with Crippen molar-refractivity contribution in [2.75, 3.05) is 0 Å². The van der Waals surface area contributed by atoms with Crippen molar-refractivity contribution in [1.29, 1.82) is 0 Å². The van der Waals surface area contributed by atoms with Crippen molar-refractivity contribution in [2.24, 2.45) is 5.92 Å². The second-order valence-corrected chi connectivity index (χ2v) is 22.5. The number of benzene rings is 4. The molecule has 0 amide bonds. The van der Waals surface area contributed by atoms with E-state index in [0.717, 1.165) is 0 Å². The van der Waals surface area contributed by atoms with Crippen LogP contribution in [0.3, 0.4) is 0 Å². The third kappa shape index (κ3) is 8.43. The fraction of sp³-hybridized carbons (Fsp3) is 0.396. The molecule has 2 aliphatic carbocycles. The summed E-state index contributed by atoms with van der Waals surface area (Å²) in [5, 5.41) is 0. The zero-order valence-electron chi connectivity index (χ0n) is 32.5. The standard InChI is InChI=1S/C21H25.C14H23.C13H10.2ClH.Zr/c1-20(2,3)16-7-9-18-14(12-16)11-15-13-17(21(4,5)6)8-10-19(15)18;1-4-7-12-10-13(8-5-2)14(11-12)9-6-3;1-3-7-12(8-4-1)11-13-9-5-2-6-10-13;;;/h7-13H,1-6H3;10,12H,4-9H2,1-3H3;1-10H;2*1H;/q;;;;;+2/p-2. The van der Waals surface area contributed by atoms with Gasteiger partial charge in [-0.25, -0.2) is 0 Å². The topological polar surface area (TPSA) is 0 Å². The van der Waals surface area contributed by atoms with E-state index >= 15 is 0 Å². The number of halogens is 2. The maximum absolute atomic E-state index is 2.95. The first-order valence-corrected chi connectivity index (χ1v) is 22.9. The van der Waals surface area contributed by atoms with Crippen LogP contribution in [-0.4, -0.2) is 3.21 Å². The number of rotatable bonds is 10. The van der Waals surface area contributed by atoms with Crippen molar-refractivity contribution in [1.82, 2.24) is 0 Å². The van der Waals surface area contributed by atoms with Crippen molar-refractivity contribution in [3.05, 3.63) is 151 Å². The molecular formula is C48H58Cl2Zr. The minimum absolute atomic E-state index is 0. The second-order valence-electron chi connectivity index (χ2n) is 16.5. The van der Waals surface area contributed by atoms with Gasteiger partial charge in [0.1, 0.15) is 0 Å². The van der Waals surface area contributed by atoms with Crippen molar-refractivity contribution in [3.8, 4) is 11.1 Å². The molecule has 0 fully saturated rings. The number of allylic oxidation sites excluding steroid dienone is 4. The van der Waals surface area contributed by atoms with Gasteiger partial charge in [-0.1, -0.05) is 0 Å². The Balaban J connectivity index is 0.00000292. The zero-order chi connectivity index (χ0) is 34.9. The molecule has 3 heteroatoms. The van der Waals surface area contributed by atoms with Crippen LogP contribution in [0.4, 0.5) is 0 Å². The Bertz CT molecular complexity index is 1790. The fourth-order valence-electron chi connectivity index (χ4n) is 8.40. The summed E-state index contributed by atoms with van der Waals surface area (Å²) < 4.78 is 3.97. The molecule has 4 aromatic carbocycles. The maximum atomic E-state index is 2.76. The molecule has 6 rings (SSSR count). The zero-order valence-corrected chi connectivity index (χ0v) is 36.4. The molecule has 0 spiro atoms. The molecule has 0 heterocycles. The summed E-state index contributed by atoms with van der Waals surface area (Å²) in [6.45, 7) is 21.4. The van der Waals surface area contributed by atoms with Gasteiger partial charge in [-0.05, 0) is 0 Å². The molecule has 4 aromatic rings. The quantitative estimate of drug-likeness (QED) is 0.157. The normalized spacial score (nSPS) is 15.3.